The number of amides is 3. The van der Waals surface area contributed by atoms with Gasteiger partial charge in [0, 0.05) is 33.2 Å². The molecule has 1 aromatic rings. The molecule has 3 amide bonds. The first-order chi connectivity index (χ1) is 24.1. The highest BCUT2D eigenvalue weighted by molar-refractivity contribution is 5.95. The highest BCUT2D eigenvalue weighted by Gasteiger charge is 2.49. The number of nitrogens with one attached hydrogen (secondary N) is 1. The molecule has 1 heterocycles. The summed E-state index contributed by atoms with van der Waals surface area (Å²) in [7, 11) is 3.48. The Morgan fingerprint density at radius 1 is 1.02 bits per heavy atom. The quantitative estimate of drug-likeness (QED) is 0.0328. The molecule has 1 rings (SSSR count). The number of methoxy groups -OCH3 is 2. The van der Waals surface area contributed by atoms with Crippen LogP contribution in [0.25, 0.3) is 0 Å². The van der Waals surface area contributed by atoms with E-state index in [0.717, 1.165) is 26.0 Å². The molecule has 0 bridgehead atoms. The number of aromatic nitrogens is 1. The lowest BCUT2D eigenvalue weighted by molar-refractivity contribution is -0.257. The summed E-state index contributed by atoms with van der Waals surface area (Å²) >= 11 is 0. The maximum atomic E-state index is 13.0. The first-order valence-electron chi connectivity index (χ1n) is 15.8. The van der Waals surface area contributed by atoms with Gasteiger partial charge in [-0.2, -0.15) is 5.06 Å². The minimum Gasteiger partial charge on any atom is -0.467 e. The summed E-state index contributed by atoms with van der Waals surface area (Å²) in [5, 5.41) is 43.9. The molecule has 0 radical (unpaired) electrons. The summed E-state index contributed by atoms with van der Waals surface area (Å²) in [6.45, 7) is 5.33. The van der Waals surface area contributed by atoms with Gasteiger partial charge in [-0.05, 0) is 33.3 Å². The number of hydrogen-bond donors (Lipinski definition) is 5. The van der Waals surface area contributed by atoms with Crippen LogP contribution >= 0.6 is 0 Å². The van der Waals surface area contributed by atoms with E-state index in [1.54, 1.807) is 63.4 Å². The smallest absolute Gasteiger partial charge is 0.331 e. The number of oxazole rings is 1. The van der Waals surface area contributed by atoms with Gasteiger partial charge in [-0.1, -0.05) is 72.9 Å². The summed E-state index contributed by atoms with van der Waals surface area (Å²) in [6, 6.07) is -1.36. The fourth-order valence-electron chi connectivity index (χ4n) is 4.38. The Kier molecular flexibility index (Phi) is 19.0. The molecule has 0 aliphatic carbocycles. The van der Waals surface area contributed by atoms with Gasteiger partial charge >= 0.3 is 5.97 Å². The summed E-state index contributed by atoms with van der Waals surface area (Å²) in [6.07, 6.45) is 22.4. The number of nitrogens with zero attached hydrogens (tertiary/aromatic N) is 3. The number of esters is 1. The van der Waals surface area contributed by atoms with Crippen LogP contribution in [0.3, 0.4) is 0 Å². The van der Waals surface area contributed by atoms with Crippen molar-refractivity contribution >= 4 is 23.7 Å². The molecule has 4 atom stereocenters. The zero-order valence-electron chi connectivity index (χ0n) is 30.0. The Morgan fingerprint density at radius 3 is 2.22 bits per heavy atom. The average Bonchev–Trinajstić information content (AvgIpc) is 3.65. The number of likely N-dealkylation sites (N-methyl/N-ethyl adjacent to an activating group) is 1. The van der Waals surface area contributed by atoms with Gasteiger partial charge in [0.05, 0.1) is 30.9 Å². The number of carbonyl (C=O) groups excluding carboxylic acids is 4. The van der Waals surface area contributed by atoms with Crippen LogP contribution in [-0.4, -0.2) is 118 Å². The molecule has 0 aliphatic heterocycles. The minimum absolute atomic E-state index is 0.203. The normalized spacial score (nSPS) is 15.9. The van der Waals surface area contributed by atoms with Crippen molar-refractivity contribution in [3.05, 3.63) is 103 Å². The van der Waals surface area contributed by atoms with Crippen LogP contribution < -0.4 is 5.32 Å². The Balaban J connectivity index is 2.64. The number of hydrogen-bond acceptors (Lipinski definition) is 12. The molecule has 4 unspecified atom stereocenters. The summed E-state index contributed by atoms with van der Waals surface area (Å²) in [5.41, 5.74) is -3.59. The van der Waals surface area contributed by atoms with Crippen molar-refractivity contribution in [3.63, 3.8) is 0 Å². The number of carbonyl (C=O) groups is 4. The van der Waals surface area contributed by atoms with Crippen LogP contribution in [0.1, 0.15) is 33.5 Å². The van der Waals surface area contributed by atoms with Crippen molar-refractivity contribution in [2.75, 3.05) is 34.4 Å². The van der Waals surface area contributed by atoms with E-state index in [9.17, 15) is 39.7 Å². The van der Waals surface area contributed by atoms with Crippen molar-refractivity contribution in [2.24, 2.45) is 5.41 Å². The lowest BCUT2D eigenvalue weighted by Crippen LogP contribution is -2.65. The van der Waals surface area contributed by atoms with Gasteiger partial charge in [0.1, 0.15) is 12.4 Å². The fraction of sp³-hybridized carbons (Fsp3) is 0.417. The van der Waals surface area contributed by atoms with Gasteiger partial charge in [-0.3, -0.25) is 19.6 Å². The molecule has 5 N–H and O–H groups in total. The van der Waals surface area contributed by atoms with Gasteiger partial charge in [-0.25, -0.2) is 9.78 Å². The van der Waals surface area contributed by atoms with Gasteiger partial charge in [0.25, 0.3) is 17.5 Å². The average molecular weight is 715 g/mol. The number of aliphatic hydroxyl groups excluding tert-OH is 2. The van der Waals surface area contributed by atoms with E-state index in [0.29, 0.717) is 16.9 Å². The van der Waals surface area contributed by atoms with Crippen LogP contribution in [0.2, 0.25) is 0 Å². The second-order valence-electron chi connectivity index (χ2n) is 11.7. The topological polar surface area (TPSA) is 212 Å². The SMILES string of the molecule is COC(=O)C(C(C)OC)N(C)C(=O)C(O)(CO)N(O)C(=O)C=CC=CC=CC=CCNC(=O)C(C)(C)C(O)C(C)=CC=CC=CCc1cnco1. The van der Waals surface area contributed by atoms with Crippen LogP contribution in [0.5, 0.6) is 0 Å². The molecule has 280 valence electrons. The Bertz CT molecular complexity index is 1490. The maximum Gasteiger partial charge on any atom is 0.331 e. The van der Waals surface area contributed by atoms with Crippen LogP contribution in [0.4, 0.5) is 0 Å². The highest BCUT2D eigenvalue weighted by Crippen LogP contribution is 2.26. The van der Waals surface area contributed by atoms with Crippen molar-refractivity contribution < 1.29 is 53.6 Å². The number of rotatable bonds is 20. The number of ether oxygens (including phenoxy) is 2. The molecule has 0 spiro atoms. The van der Waals surface area contributed by atoms with Crippen molar-refractivity contribution in [3.8, 4) is 0 Å². The molecule has 0 saturated heterocycles. The third-order valence-electron chi connectivity index (χ3n) is 7.65. The molecule has 0 fully saturated rings. The van der Waals surface area contributed by atoms with Crippen LogP contribution in [-0.2, 0) is 35.1 Å². The second-order valence-corrected chi connectivity index (χ2v) is 11.7. The highest BCUT2D eigenvalue weighted by atomic mass is 16.6. The Morgan fingerprint density at radius 2 is 1.63 bits per heavy atom. The van der Waals surface area contributed by atoms with Gasteiger partial charge < -0.3 is 39.4 Å². The largest absolute Gasteiger partial charge is 0.467 e. The van der Waals surface area contributed by atoms with Crippen LogP contribution in [0, 0.1) is 5.41 Å². The number of allylic oxidation sites excluding steroid dienone is 11. The zero-order chi connectivity index (χ0) is 38.6. The number of hydroxylamine groups is 2. The molecule has 0 aromatic carbocycles. The van der Waals surface area contributed by atoms with E-state index in [-0.39, 0.29) is 17.5 Å². The van der Waals surface area contributed by atoms with Crippen LogP contribution in [0.15, 0.2) is 102 Å². The van der Waals surface area contributed by atoms with Gasteiger partial charge in [0.15, 0.2) is 12.4 Å². The fourth-order valence-corrected chi connectivity index (χ4v) is 4.38. The van der Waals surface area contributed by atoms with E-state index < -0.39 is 53.8 Å². The van der Waals surface area contributed by atoms with E-state index in [2.05, 4.69) is 15.0 Å². The van der Waals surface area contributed by atoms with E-state index in [4.69, 9.17) is 9.15 Å². The van der Waals surface area contributed by atoms with Crippen molar-refractivity contribution in [2.45, 2.75) is 58.1 Å². The zero-order valence-corrected chi connectivity index (χ0v) is 30.0. The van der Waals surface area contributed by atoms with E-state index in [1.807, 2.05) is 18.2 Å². The van der Waals surface area contributed by atoms with Gasteiger partial charge in [-0.15, -0.1) is 0 Å². The molecular formula is C36H50N4O11. The molecule has 0 saturated carbocycles. The first-order valence-corrected chi connectivity index (χ1v) is 15.8. The molecule has 0 aliphatic rings. The van der Waals surface area contributed by atoms with Crippen molar-refractivity contribution in [1.29, 1.82) is 0 Å². The lowest BCUT2D eigenvalue weighted by Gasteiger charge is -2.37. The Labute approximate surface area is 298 Å². The maximum absolute atomic E-state index is 13.0. The summed E-state index contributed by atoms with van der Waals surface area (Å²) < 4.78 is 14.9. The molecule has 15 nitrogen and oxygen atoms in total. The lowest BCUT2D eigenvalue weighted by atomic mass is 9.81. The first kappa shape index (κ1) is 44.1. The van der Waals surface area contributed by atoms with E-state index >= 15 is 0 Å². The molecular weight excluding hydrogens is 664 g/mol. The van der Waals surface area contributed by atoms with Gasteiger partial charge in [0.2, 0.25) is 5.91 Å². The number of aliphatic hydroxyl groups is 3. The second kappa shape index (κ2) is 22.0. The summed E-state index contributed by atoms with van der Waals surface area (Å²) in [4.78, 5) is 55.0. The summed E-state index contributed by atoms with van der Waals surface area (Å²) in [5.74, 6) is -3.09. The standard InChI is InChI=1S/C36H50N4O11/c1-26(19-15-12-13-16-20-28-23-37-25-51-28)31(43)35(3,4)33(45)38-22-18-14-10-8-9-11-17-21-29(42)40(48)36(47,24-41)34(46)39(5)30(27(2)49-6)32(44)50-7/h8-19,21,23,25,27,30-31,41,43,47-48H,20,22,24H2,1-7H3,(H,38,45). The Hall–Kier alpha value is -4.93. The third kappa shape index (κ3) is 13.4. The predicted octanol–water partition coefficient (Wildman–Crippen LogP) is 1.94. The molecule has 15 heteroatoms. The minimum atomic E-state index is -3.11. The predicted molar refractivity (Wildman–Crippen MR) is 187 cm³/mol. The van der Waals surface area contributed by atoms with E-state index in [1.165, 1.54) is 38.7 Å². The third-order valence-corrected chi connectivity index (χ3v) is 7.65. The molecule has 1 aromatic heterocycles. The molecule has 51 heavy (non-hydrogen) atoms. The monoisotopic (exact) mass is 714 g/mol. The van der Waals surface area contributed by atoms with Crippen molar-refractivity contribution in [1.82, 2.24) is 20.3 Å².